The highest BCUT2D eigenvalue weighted by Crippen LogP contribution is 2.62. The summed E-state index contributed by atoms with van der Waals surface area (Å²) >= 11 is 0. The summed E-state index contributed by atoms with van der Waals surface area (Å²) < 4.78 is 0. The highest BCUT2D eigenvalue weighted by atomic mass is 15.3. The van der Waals surface area contributed by atoms with Crippen LogP contribution in [-0.2, 0) is 0 Å². The lowest BCUT2D eigenvalue weighted by Crippen LogP contribution is -2.68. The maximum atomic E-state index is 2.88. The molecular formula is C72H38B4N2. The van der Waals surface area contributed by atoms with E-state index in [4.69, 9.17) is 0 Å². The topological polar surface area (TPSA) is 6.48 Å². The Morgan fingerprint density at radius 3 is 0.679 bits per heavy atom. The van der Waals surface area contributed by atoms with E-state index in [2.05, 4.69) is 240 Å². The van der Waals surface area contributed by atoms with Gasteiger partial charge in [0.05, 0.1) is 22.7 Å². The van der Waals surface area contributed by atoms with Crippen LogP contribution in [0.25, 0.3) is 89.0 Å². The molecule has 0 aromatic heterocycles. The molecule has 348 valence electrons. The molecule has 0 radical (unpaired) electrons. The van der Waals surface area contributed by atoms with Crippen LogP contribution in [0.5, 0.6) is 0 Å². The van der Waals surface area contributed by atoms with E-state index < -0.39 is 0 Å². The van der Waals surface area contributed by atoms with Crippen molar-refractivity contribution >= 4 is 127 Å². The fourth-order valence-corrected chi connectivity index (χ4v) is 17.2. The summed E-state index contributed by atoms with van der Waals surface area (Å²) in [6, 6.07) is 88.9. The fraction of sp³-hybridized carbons (Fsp3) is 0. The van der Waals surface area contributed by atoms with Gasteiger partial charge in [-0.15, -0.1) is 0 Å². The molecule has 21 rings (SSSR count). The standard InChI is InChI=1S/C72H38B4N2/c1-5-15-39(16-6-1)43-27-31-51-47(35-43)59-60-48-36-44(40-17-7-2-8-18-40)28-32-52(48)74-57-25-14-26-58-68(57)78-70(64(60)74)69-63(59)73(51)55-23-13-24-56-67(55)77(69)71-65-61(49-37-45(29-33-53(49)75(56)65)41-19-9-3-10-20-41)62-50-38-46(42-21-11-4-12-22-42)30-34-54(50)76(58)66(62)72(71)78/h1-38H. The minimum absolute atomic E-state index is 0.0653. The maximum absolute atomic E-state index is 2.88. The van der Waals surface area contributed by atoms with Gasteiger partial charge >= 0.3 is 0 Å². The molecule has 12 aromatic carbocycles. The summed E-state index contributed by atoms with van der Waals surface area (Å²) in [6.45, 7) is 0.261. The Bertz CT molecular complexity index is 4270. The summed E-state index contributed by atoms with van der Waals surface area (Å²) in [5, 5.41) is 0. The Morgan fingerprint density at radius 2 is 0.436 bits per heavy atom. The van der Waals surface area contributed by atoms with Gasteiger partial charge in [0, 0.05) is 11.4 Å². The van der Waals surface area contributed by atoms with Crippen LogP contribution in [0.1, 0.15) is 0 Å². The Kier molecular flexibility index (Phi) is 6.92. The Hall–Kier alpha value is -9.50. The van der Waals surface area contributed by atoms with E-state index >= 15 is 0 Å². The molecule has 9 aliphatic heterocycles. The van der Waals surface area contributed by atoms with Gasteiger partial charge in [0.2, 0.25) is 26.9 Å². The van der Waals surface area contributed by atoms with Crippen molar-refractivity contribution in [3.63, 3.8) is 0 Å². The van der Waals surface area contributed by atoms with Crippen molar-refractivity contribution in [1.82, 2.24) is 0 Å². The predicted molar refractivity (Wildman–Crippen MR) is 331 cm³/mol. The zero-order chi connectivity index (χ0) is 50.0. The van der Waals surface area contributed by atoms with Crippen LogP contribution in [0, 0.1) is 0 Å². The first-order chi connectivity index (χ1) is 38.8. The van der Waals surface area contributed by atoms with Gasteiger partial charge in [0.1, 0.15) is 0 Å². The van der Waals surface area contributed by atoms with E-state index in [1.54, 1.807) is 0 Å². The highest BCUT2D eigenvalue weighted by Gasteiger charge is 2.62. The smallest absolute Gasteiger partial charge is 0.248 e. The minimum Gasteiger partial charge on any atom is -0.308 e. The third-order valence-corrected chi connectivity index (χ3v) is 19.9. The van der Waals surface area contributed by atoms with Crippen LogP contribution >= 0.6 is 0 Å². The van der Waals surface area contributed by atoms with Gasteiger partial charge in [-0.1, -0.05) is 228 Å². The molecule has 0 bridgehead atoms. The van der Waals surface area contributed by atoms with E-state index in [1.807, 2.05) is 0 Å². The zero-order valence-corrected chi connectivity index (χ0v) is 42.1. The molecular weight excluding hydrogens is 936 g/mol. The van der Waals surface area contributed by atoms with Crippen LogP contribution in [0.4, 0.5) is 34.1 Å². The Balaban J connectivity index is 0.958. The largest absolute Gasteiger partial charge is 0.308 e. The highest BCUT2D eigenvalue weighted by molar-refractivity contribution is 7.10. The summed E-state index contributed by atoms with van der Waals surface area (Å²) in [5.41, 5.74) is 47.0. The number of anilines is 6. The van der Waals surface area contributed by atoms with Gasteiger partial charge in [0.15, 0.2) is 0 Å². The first-order valence-corrected chi connectivity index (χ1v) is 27.9. The SMILES string of the molecule is c1ccc(-c2ccc3c(c2)-c2c4c5c6c7c2-c2cc(-c8ccccc8)ccc2B7c2cccc7c2N6c2c6c(c8c9c2N5c2c(cccc2B9c2ccc(-c5ccccc5)cc2-8)B34)-c2cc(-c3ccccc3)ccc2B76)cc1. The quantitative estimate of drug-likeness (QED) is 0.163. The van der Waals surface area contributed by atoms with Crippen LogP contribution in [0.2, 0.25) is 0 Å². The first kappa shape index (κ1) is 39.8. The van der Waals surface area contributed by atoms with Gasteiger partial charge < -0.3 is 9.80 Å². The molecule has 9 aliphatic rings. The second kappa shape index (κ2) is 13.5. The number of benzene rings is 12. The molecule has 9 heterocycles. The van der Waals surface area contributed by atoms with Crippen LogP contribution in [0.3, 0.4) is 0 Å². The number of para-hydroxylation sites is 2. The van der Waals surface area contributed by atoms with Gasteiger partial charge in [0.25, 0.3) is 0 Å². The van der Waals surface area contributed by atoms with Crippen molar-refractivity contribution < 1.29 is 0 Å². The lowest BCUT2D eigenvalue weighted by atomic mass is 9.29. The third kappa shape index (κ3) is 4.40. The van der Waals surface area contributed by atoms with Gasteiger partial charge in [-0.2, -0.15) is 0 Å². The van der Waals surface area contributed by atoms with Gasteiger partial charge in [-0.05, 0) is 157 Å². The number of hydrogen-bond acceptors (Lipinski definition) is 2. The summed E-state index contributed by atoms with van der Waals surface area (Å²) in [6.07, 6.45) is 0. The monoisotopic (exact) mass is 974 g/mol. The van der Waals surface area contributed by atoms with E-state index in [0.29, 0.717) is 0 Å². The van der Waals surface area contributed by atoms with E-state index in [-0.39, 0.29) is 26.9 Å². The van der Waals surface area contributed by atoms with Crippen LogP contribution in [-0.4, -0.2) is 26.9 Å². The summed E-state index contributed by atoms with van der Waals surface area (Å²) in [4.78, 5) is 5.77. The van der Waals surface area contributed by atoms with E-state index in [9.17, 15) is 0 Å². The third-order valence-electron chi connectivity index (χ3n) is 19.9. The molecule has 78 heavy (non-hydrogen) atoms. The Morgan fingerprint density at radius 1 is 0.192 bits per heavy atom. The molecule has 0 saturated carbocycles. The molecule has 0 saturated heterocycles. The van der Waals surface area contributed by atoms with Crippen molar-refractivity contribution in [2.45, 2.75) is 0 Å². The number of fused-ring (bicyclic) bond motifs is 18. The number of hydrogen-bond donors (Lipinski definition) is 0. The van der Waals surface area contributed by atoms with Crippen molar-refractivity contribution in [1.29, 1.82) is 0 Å². The van der Waals surface area contributed by atoms with E-state index in [0.717, 1.165) is 0 Å². The molecule has 12 aromatic rings. The molecule has 0 unspecified atom stereocenters. The van der Waals surface area contributed by atoms with Crippen molar-refractivity contribution in [3.8, 4) is 89.0 Å². The average Bonchev–Trinajstić information content (AvgIpc) is 3.51. The summed E-state index contributed by atoms with van der Waals surface area (Å²) in [7, 11) is 0. The first-order valence-electron chi connectivity index (χ1n) is 27.9. The second-order valence-electron chi connectivity index (χ2n) is 23.2. The molecule has 0 aliphatic carbocycles. The molecule has 0 amide bonds. The maximum Gasteiger partial charge on any atom is 0.248 e. The molecule has 0 N–H and O–H groups in total. The lowest BCUT2D eigenvalue weighted by molar-refractivity contribution is 1.20. The van der Waals surface area contributed by atoms with Crippen LogP contribution in [0.15, 0.2) is 231 Å². The fourth-order valence-electron chi connectivity index (χ4n) is 17.2. The second-order valence-corrected chi connectivity index (χ2v) is 23.2. The minimum atomic E-state index is 0.0653. The molecule has 0 spiro atoms. The van der Waals surface area contributed by atoms with Crippen molar-refractivity contribution in [2.24, 2.45) is 0 Å². The zero-order valence-electron chi connectivity index (χ0n) is 42.1. The molecule has 2 nitrogen and oxygen atoms in total. The number of nitrogens with zero attached hydrogens (tertiary/aromatic N) is 2. The van der Waals surface area contributed by atoms with Gasteiger partial charge in [-0.3, -0.25) is 0 Å². The average molecular weight is 974 g/mol. The van der Waals surface area contributed by atoms with Crippen LogP contribution < -0.4 is 75.4 Å². The Labute approximate surface area is 453 Å². The molecule has 0 fully saturated rings. The van der Waals surface area contributed by atoms with Crippen molar-refractivity contribution in [2.75, 3.05) is 9.80 Å². The predicted octanol–water partition coefficient (Wildman–Crippen LogP) is 8.85. The molecule has 6 heteroatoms. The van der Waals surface area contributed by atoms with Gasteiger partial charge in [-0.25, -0.2) is 0 Å². The number of rotatable bonds is 4. The van der Waals surface area contributed by atoms with E-state index in [1.165, 1.54) is 189 Å². The van der Waals surface area contributed by atoms with Crippen molar-refractivity contribution in [3.05, 3.63) is 231 Å². The molecule has 0 atom stereocenters. The lowest BCUT2D eigenvalue weighted by Gasteiger charge is -2.54. The summed E-state index contributed by atoms with van der Waals surface area (Å²) in [5.74, 6) is 0. The normalized spacial score (nSPS) is 14.5.